The van der Waals surface area contributed by atoms with E-state index in [9.17, 15) is 29.3 Å². The van der Waals surface area contributed by atoms with Crippen LogP contribution in [0.5, 0.6) is 5.75 Å². The van der Waals surface area contributed by atoms with Crippen LogP contribution >= 0.6 is 0 Å². The highest BCUT2D eigenvalue weighted by Gasteiger charge is 2.47. The molecule has 2 atom stereocenters. The number of ketones is 1. The standard InChI is InChI=1S/C29H20N4O7/c1-31-26-23(27(35)32(2)29(31)37)21(22-24(30-26)19-5-3-4-6-20(19)25(22)34)15-9-13-18(14-10-15)40-28(36)16-7-11-17(12-8-16)33(38)39/h3-14,21-22H,1-2H3/t21-,22-/m1/s1. The number of nitro benzene ring substituents is 1. The molecule has 2 heterocycles. The highest BCUT2D eigenvalue weighted by molar-refractivity contribution is 6.30. The molecule has 4 aromatic rings. The topological polar surface area (TPSA) is 143 Å². The zero-order valence-electron chi connectivity index (χ0n) is 21.2. The normalized spacial score (nSPS) is 16.9. The van der Waals surface area contributed by atoms with Crippen LogP contribution in [0.3, 0.4) is 0 Å². The van der Waals surface area contributed by atoms with Crippen molar-refractivity contribution in [3.63, 3.8) is 0 Å². The van der Waals surface area contributed by atoms with Crippen LogP contribution in [0.1, 0.15) is 43.3 Å². The summed E-state index contributed by atoms with van der Waals surface area (Å²) in [7, 11) is 2.92. The molecule has 11 heteroatoms. The van der Waals surface area contributed by atoms with Gasteiger partial charge in [-0.3, -0.25) is 28.8 Å². The van der Waals surface area contributed by atoms with Crippen molar-refractivity contribution >= 4 is 29.0 Å². The highest BCUT2D eigenvalue weighted by atomic mass is 16.6. The van der Waals surface area contributed by atoms with Crippen LogP contribution in [0.2, 0.25) is 0 Å². The van der Waals surface area contributed by atoms with E-state index in [1.54, 1.807) is 48.5 Å². The van der Waals surface area contributed by atoms with Crippen LogP contribution in [0.15, 0.2) is 87.4 Å². The van der Waals surface area contributed by atoms with E-state index in [1.807, 2.05) is 0 Å². The Labute approximate surface area is 225 Å². The van der Waals surface area contributed by atoms with Crippen molar-refractivity contribution in [3.8, 4) is 5.75 Å². The monoisotopic (exact) mass is 536 g/mol. The summed E-state index contributed by atoms with van der Waals surface area (Å²) >= 11 is 0. The molecule has 0 fully saturated rings. The second kappa shape index (κ2) is 9.09. The van der Waals surface area contributed by atoms with E-state index in [1.165, 1.54) is 42.9 Å². The van der Waals surface area contributed by atoms with Gasteiger partial charge in [-0.15, -0.1) is 0 Å². The summed E-state index contributed by atoms with van der Waals surface area (Å²) in [4.78, 5) is 67.4. The SMILES string of the molecule is Cn1c2c(c(=O)n(C)c1=O)[C@H](c1ccc(OC(=O)c3ccc([N+](=O)[O-])cc3)cc1)[C@H]1C(=O)c3ccccc3C1=N2. The smallest absolute Gasteiger partial charge is 0.343 e. The van der Waals surface area contributed by atoms with Crippen molar-refractivity contribution in [1.29, 1.82) is 0 Å². The van der Waals surface area contributed by atoms with E-state index in [-0.39, 0.29) is 34.2 Å². The summed E-state index contributed by atoms with van der Waals surface area (Å²) in [6, 6.07) is 18.5. The molecule has 11 nitrogen and oxygen atoms in total. The van der Waals surface area contributed by atoms with Crippen molar-refractivity contribution in [1.82, 2.24) is 9.13 Å². The van der Waals surface area contributed by atoms with Crippen molar-refractivity contribution in [2.45, 2.75) is 5.92 Å². The van der Waals surface area contributed by atoms with Gasteiger partial charge in [0.1, 0.15) is 11.6 Å². The summed E-state index contributed by atoms with van der Waals surface area (Å²) in [6.45, 7) is 0. The molecule has 0 unspecified atom stereocenters. The third-order valence-electron chi connectivity index (χ3n) is 7.35. The van der Waals surface area contributed by atoms with Crippen molar-refractivity contribution in [2.24, 2.45) is 25.0 Å². The van der Waals surface area contributed by atoms with E-state index in [0.717, 1.165) is 4.57 Å². The maximum absolute atomic E-state index is 13.6. The Morgan fingerprint density at radius 3 is 2.17 bits per heavy atom. The first-order valence-corrected chi connectivity index (χ1v) is 12.3. The Kier molecular flexibility index (Phi) is 5.65. The van der Waals surface area contributed by atoms with Gasteiger partial charge in [0.25, 0.3) is 11.2 Å². The van der Waals surface area contributed by atoms with Crippen molar-refractivity contribution in [3.05, 3.63) is 132 Å². The van der Waals surface area contributed by atoms with Gasteiger partial charge in [-0.1, -0.05) is 36.4 Å². The van der Waals surface area contributed by atoms with E-state index in [2.05, 4.69) is 4.99 Å². The number of Topliss-reactive ketones (excluding diaryl/α,β-unsaturated/α-hetero) is 1. The largest absolute Gasteiger partial charge is 0.423 e. The van der Waals surface area contributed by atoms with Crippen molar-refractivity contribution < 1.29 is 19.2 Å². The predicted octanol–water partition coefficient (Wildman–Crippen LogP) is 3.29. The zero-order valence-corrected chi connectivity index (χ0v) is 21.2. The van der Waals surface area contributed by atoms with Crippen molar-refractivity contribution in [2.75, 3.05) is 0 Å². The molecule has 0 amide bonds. The molecule has 198 valence electrons. The van der Waals surface area contributed by atoms with Gasteiger partial charge < -0.3 is 4.74 Å². The molecular weight excluding hydrogens is 516 g/mol. The number of esters is 1. The minimum Gasteiger partial charge on any atom is -0.423 e. The minimum absolute atomic E-state index is 0.135. The van der Waals surface area contributed by atoms with Gasteiger partial charge in [-0.25, -0.2) is 14.6 Å². The summed E-state index contributed by atoms with van der Waals surface area (Å²) < 4.78 is 7.74. The van der Waals surface area contributed by atoms with Crippen LogP contribution in [-0.2, 0) is 14.1 Å². The number of non-ortho nitro benzene ring substituents is 1. The number of hydrogen-bond donors (Lipinski definition) is 0. The molecule has 1 aliphatic carbocycles. The first-order chi connectivity index (χ1) is 19.2. The summed E-state index contributed by atoms with van der Waals surface area (Å²) in [6.07, 6.45) is 0. The molecular formula is C29H20N4O7. The quantitative estimate of drug-likeness (QED) is 0.169. The van der Waals surface area contributed by atoms with Gasteiger partial charge >= 0.3 is 11.7 Å². The molecule has 1 aliphatic heterocycles. The fourth-order valence-electron chi connectivity index (χ4n) is 5.35. The molecule has 40 heavy (non-hydrogen) atoms. The second-order valence-electron chi connectivity index (χ2n) is 9.57. The van der Waals surface area contributed by atoms with E-state index in [0.29, 0.717) is 22.4 Å². The van der Waals surface area contributed by atoms with Gasteiger partial charge in [0.05, 0.1) is 27.7 Å². The Morgan fingerprint density at radius 2 is 1.52 bits per heavy atom. The molecule has 2 aliphatic rings. The predicted molar refractivity (Wildman–Crippen MR) is 144 cm³/mol. The Morgan fingerprint density at radius 1 is 0.875 bits per heavy atom. The number of benzene rings is 3. The van der Waals surface area contributed by atoms with Crippen LogP contribution in [0, 0.1) is 16.0 Å². The molecule has 0 spiro atoms. The number of nitrogens with zero attached hydrogens (tertiary/aromatic N) is 4. The summed E-state index contributed by atoms with van der Waals surface area (Å²) in [5.41, 5.74) is 1.41. The van der Waals surface area contributed by atoms with Gasteiger partial charge in [-0.2, -0.15) is 0 Å². The first-order valence-electron chi connectivity index (χ1n) is 12.3. The van der Waals surface area contributed by atoms with Gasteiger partial charge in [-0.05, 0) is 29.8 Å². The molecule has 0 radical (unpaired) electrons. The summed E-state index contributed by atoms with van der Waals surface area (Å²) in [5.74, 6) is -2.00. The maximum Gasteiger partial charge on any atom is 0.343 e. The Bertz CT molecular complexity index is 1900. The first kappa shape index (κ1) is 24.9. The average molecular weight is 537 g/mol. The molecule has 0 bridgehead atoms. The van der Waals surface area contributed by atoms with E-state index < -0.39 is 34.0 Å². The van der Waals surface area contributed by atoms with Crippen LogP contribution in [-0.4, -0.2) is 31.5 Å². The molecule has 6 rings (SSSR count). The van der Waals surface area contributed by atoms with Gasteiger partial charge in [0.15, 0.2) is 5.78 Å². The fraction of sp³-hybridized carbons (Fsp3) is 0.138. The number of nitro groups is 1. The Hall–Kier alpha value is -5.45. The molecule has 0 saturated carbocycles. The highest BCUT2D eigenvalue weighted by Crippen LogP contribution is 2.46. The number of carbonyl (C=O) groups is 2. The average Bonchev–Trinajstić information content (AvgIpc) is 3.26. The number of aromatic nitrogens is 2. The maximum atomic E-state index is 13.6. The van der Waals surface area contributed by atoms with Gasteiger partial charge in [0, 0.05) is 43.3 Å². The van der Waals surface area contributed by atoms with Crippen LogP contribution in [0.4, 0.5) is 11.5 Å². The lowest BCUT2D eigenvalue weighted by molar-refractivity contribution is -0.384. The number of aliphatic imine (C=N–C) groups is 1. The lowest BCUT2D eigenvalue weighted by atomic mass is 9.76. The zero-order chi connectivity index (χ0) is 28.3. The lowest BCUT2D eigenvalue weighted by Crippen LogP contribution is -2.43. The van der Waals surface area contributed by atoms with Gasteiger partial charge in [0.2, 0.25) is 0 Å². The number of rotatable bonds is 4. The van der Waals surface area contributed by atoms with E-state index in [4.69, 9.17) is 4.74 Å². The lowest BCUT2D eigenvalue weighted by Gasteiger charge is -2.30. The third-order valence-corrected chi connectivity index (χ3v) is 7.35. The fourth-order valence-corrected chi connectivity index (χ4v) is 5.35. The number of carbonyl (C=O) groups excluding carboxylic acids is 2. The van der Waals surface area contributed by atoms with Crippen LogP contribution in [0.25, 0.3) is 0 Å². The van der Waals surface area contributed by atoms with E-state index >= 15 is 0 Å². The molecule has 0 saturated heterocycles. The third kappa shape index (κ3) is 3.70. The Balaban J connectivity index is 1.41. The number of fused-ring (bicyclic) bond motifs is 4. The molecule has 1 aromatic heterocycles. The second-order valence-corrected chi connectivity index (χ2v) is 9.57. The number of hydrogen-bond acceptors (Lipinski definition) is 8. The van der Waals surface area contributed by atoms with Crippen LogP contribution < -0.4 is 16.0 Å². The summed E-state index contributed by atoms with van der Waals surface area (Å²) in [5, 5.41) is 10.9. The molecule has 3 aromatic carbocycles. The number of ether oxygens (including phenoxy) is 1. The molecule has 0 N–H and O–H groups in total. The minimum atomic E-state index is -0.774.